The number of aliphatic imine (C=N–C) groups is 1. The number of hydrazone groups is 1. The van der Waals surface area contributed by atoms with E-state index in [9.17, 15) is 18.4 Å². The number of ether oxygens (including phenoxy) is 1. The van der Waals surface area contributed by atoms with Gasteiger partial charge in [-0.3, -0.25) is 24.6 Å². The van der Waals surface area contributed by atoms with Gasteiger partial charge in [0.15, 0.2) is 0 Å². The predicted molar refractivity (Wildman–Crippen MR) is 170 cm³/mol. The Bertz CT molecular complexity index is 1420. The third-order valence-electron chi connectivity index (χ3n) is 6.76. The van der Waals surface area contributed by atoms with Crippen molar-refractivity contribution >= 4 is 35.6 Å². The van der Waals surface area contributed by atoms with Crippen LogP contribution < -0.4 is 10.6 Å². The molecule has 1 saturated carbocycles. The lowest BCUT2D eigenvalue weighted by Crippen LogP contribution is -2.40. The molecule has 1 atom stereocenters. The smallest absolute Gasteiger partial charge is 0.240 e. The van der Waals surface area contributed by atoms with E-state index in [1.807, 2.05) is 45.5 Å². The number of anilines is 1. The number of aromatic nitrogens is 1. The van der Waals surface area contributed by atoms with Crippen LogP contribution >= 0.6 is 0 Å². The molecular formula is C33H40F2N6O3. The molecule has 0 bridgehead atoms. The molecule has 1 fully saturated rings. The number of benzene rings is 1. The lowest BCUT2D eigenvalue weighted by molar-refractivity contribution is -0.133. The number of allylic oxidation sites excluding steroid dienone is 4. The van der Waals surface area contributed by atoms with E-state index in [4.69, 9.17) is 4.74 Å². The molecule has 0 aliphatic heterocycles. The summed E-state index contributed by atoms with van der Waals surface area (Å²) in [4.78, 5) is 34.5. The molecule has 1 aromatic heterocycles. The van der Waals surface area contributed by atoms with Crippen molar-refractivity contribution in [2.75, 3.05) is 19.0 Å². The third kappa shape index (κ3) is 10.6. The second-order valence-electron chi connectivity index (χ2n) is 10.4. The summed E-state index contributed by atoms with van der Waals surface area (Å²) in [6.07, 6.45) is 14.3. The van der Waals surface area contributed by atoms with E-state index in [-0.39, 0.29) is 13.0 Å². The fraction of sp³-hybridized carbons (Fsp3) is 0.364. The summed E-state index contributed by atoms with van der Waals surface area (Å²) in [5.41, 5.74) is 2.07. The Hall–Kier alpha value is -4.67. The van der Waals surface area contributed by atoms with Gasteiger partial charge in [-0.1, -0.05) is 19.1 Å². The Morgan fingerprint density at radius 2 is 1.98 bits per heavy atom. The van der Waals surface area contributed by atoms with Gasteiger partial charge >= 0.3 is 0 Å². The first kappa shape index (κ1) is 33.8. The highest BCUT2D eigenvalue weighted by Gasteiger charge is 2.56. The summed E-state index contributed by atoms with van der Waals surface area (Å²) >= 11 is 0. The second-order valence-corrected chi connectivity index (χ2v) is 10.4. The van der Waals surface area contributed by atoms with Gasteiger partial charge in [-0.2, -0.15) is 5.10 Å². The minimum atomic E-state index is -1.39. The predicted octanol–water partition coefficient (Wildman–Crippen LogP) is 6.31. The quantitative estimate of drug-likeness (QED) is 0.101. The van der Waals surface area contributed by atoms with Crippen molar-refractivity contribution in [1.82, 2.24) is 15.3 Å². The number of alkyl halides is 1. The molecule has 0 radical (unpaired) electrons. The number of halogens is 2. The van der Waals surface area contributed by atoms with E-state index in [2.05, 4.69) is 25.7 Å². The van der Waals surface area contributed by atoms with Crippen LogP contribution in [-0.4, -0.2) is 54.1 Å². The van der Waals surface area contributed by atoms with Crippen molar-refractivity contribution in [1.29, 1.82) is 0 Å². The maximum Gasteiger partial charge on any atom is 0.240 e. The highest BCUT2D eigenvalue weighted by atomic mass is 19.1. The summed E-state index contributed by atoms with van der Waals surface area (Å²) in [5, 5.41) is 11.3. The van der Waals surface area contributed by atoms with Gasteiger partial charge in [-0.05, 0) is 75.1 Å². The Kier molecular flexibility index (Phi) is 12.9. The van der Waals surface area contributed by atoms with Crippen LogP contribution in [0.25, 0.3) is 0 Å². The molecule has 2 N–H and O–H groups in total. The zero-order valence-electron chi connectivity index (χ0n) is 25.6. The first-order valence-electron chi connectivity index (χ1n) is 14.5. The normalized spacial score (nSPS) is 15.3. The molecule has 44 heavy (non-hydrogen) atoms. The average Bonchev–Trinajstić information content (AvgIpc) is 3.82. The van der Waals surface area contributed by atoms with Crippen LogP contribution in [0.5, 0.6) is 0 Å². The number of amides is 2. The minimum absolute atomic E-state index is 0.0893. The van der Waals surface area contributed by atoms with Gasteiger partial charge in [-0.25, -0.2) is 8.78 Å². The second kappa shape index (κ2) is 16.8. The van der Waals surface area contributed by atoms with Crippen LogP contribution in [0.15, 0.2) is 83.0 Å². The number of carbonyl (C=O) groups excluding carboxylic acids is 2. The average molecular weight is 607 g/mol. The van der Waals surface area contributed by atoms with E-state index < -0.39 is 29.2 Å². The third-order valence-corrected chi connectivity index (χ3v) is 6.76. The lowest BCUT2D eigenvalue weighted by atomic mass is 10.0. The molecule has 234 valence electrons. The molecule has 1 heterocycles. The number of nitrogens with one attached hydrogen (secondary N) is 2. The maximum absolute atomic E-state index is 14.6. The summed E-state index contributed by atoms with van der Waals surface area (Å²) in [6, 6.07) is 7.20. The van der Waals surface area contributed by atoms with E-state index in [0.29, 0.717) is 30.6 Å². The summed E-state index contributed by atoms with van der Waals surface area (Å²) in [6.45, 7) is 5.40. The van der Waals surface area contributed by atoms with E-state index in [1.54, 1.807) is 36.5 Å². The van der Waals surface area contributed by atoms with Crippen LogP contribution in [-0.2, 0) is 20.7 Å². The van der Waals surface area contributed by atoms with Gasteiger partial charge in [-0.15, -0.1) is 0 Å². The fourth-order valence-electron chi connectivity index (χ4n) is 4.02. The Balaban J connectivity index is 1.43. The van der Waals surface area contributed by atoms with Crippen LogP contribution in [0.4, 0.5) is 20.2 Å². The van der Waals surface area contributed by atoms with Gasteiger partial charge < -0.3 is 15.4 Å². The van der Waals surface area contributed by atoms with Crippen molar-refractivity contribution in [3.8, 4) is 0 Å². The number of carbonyl (C=O) groups is 2. The Morgan fingerprint density at radius 3 is 2.66 bits per heavy atom. The summed E-state index contributed by atoms with van der Waals surface area (Å²) in [7, 11) is 1.86. The lowest BCUT2D eigenvalue weighted by Gasteiger charge is -2.18. The molecule has 2 amide bonds. The van der Waals surface area contributed by atoms with Gasteiger partial charge in [0, 0.05) is 61.8 Å². The first-order chi connectivity index (χ1) is 21.2. The molecule has 1 aromatic carbocycles. The van der Waals surface area contributed by atoms with Crippen molar-refractivity contribution in [3.63, 3.8) is 0 Å². The highest BCUT2D eigenvalue weighted by Crippen LogP contribution is 2.47. The standard InChI is InChI=1S/C33H40F2N6O3/c1-5-16-38-41(4)18-7-9-29-21-30(24(3)22-37-29)36-17-8-19-44-23-26(35)20-27(6-2)39-31(42)33(14-15-33)32(43)40-28-12-10-25(34)11-13-28/h6-8,10-13,16-19,21-22,26H,5,9,14-15,20,23H2,1-4H3,(H,39,42)(H,40,43)/b18-7+,19-8+,27-6+,36-17-,38-16-. The first-order valence-corrected chi connectivity index (χ1v) is 14.5. The molecule has 0 saturated heterocycles. The molecule has 1 aliphatic rings. The van der Waals surface area contributed by atoms with Crippen molar-refractivity contribution in [2.45, 2.75) is 59.0 Å². The van der Waals surface area contributed by atoms with Gasteiger partial charge in [0.05, 0.1) is 11.9 Å². The van der Waals surface area contributed by atoms with Crippen LogP contribution in [0.2, 0.25) is 0 Å². The largest absolute Gasteiger partial charge is 0.498 e. The van der Waals surface area contributed by atoms with Crippen LogP contribution in [0, 0.1) is 18.2 Å². The maximum atomic E-state index is 14.6. The van der Waals surface area contributed by atoms with Crippen molar-refractivity contribution < 1.29 is 23.1 Å². The van der Waals surface area contributed by atoms with Crippen LogP contribution in [0.1, 0.15) is 50.8 Å². The molecule has 11 heteroatoms. The topological polar surface area (TPSA) is 108 Å². The number of aryl methyl sites for hydroxylation is 1. The van der Waals surface area contributed by atoms with E-state index >= 15 is 0 Å². The SMILES string of the molecule is C/C=C(\CC(F)CO/C=C/C=N\c1cc(C/C=C/N(C)/N=C\CC)ncc1C)NC(=O)C1(C(=O)Nc2ccc(F)cc2)CC1. The van der Waals surface area contributed by atoms with Gasteiger partial charge in [0.1, 0.15) is 24.0 Å². The number of rotatable bonds is 16. The molecular weight excluding hydrogens is 566 g/mol. The summed E-state index contributed by atoms with van der Waals surface area (Å²) in [5.74, 6) is -1.39. The number of pyridine rings is 1. The number of hydrogen-bond acceptors (Lipinski definition) is 7. The van der Waals surface area contributed by atoms with E-state index in [1.165, 1.54) is 30.5 Å². The highest BCUT2D eigenvalue weighted by molar-refractivity contribution is 6.13. The molecule has 3 rings (SSSR count). The Morgan fingerprint density at radius 1 is 1.23 bits per heavy atom. The van der Waals surface area contributed by atoms with Crippen molar-refractivity contribution in [3.05, 3.63) is 90.0 Å². The fourth-order valence-corrected chi connectivity index (χ4v) is 4.02. The van der Waals surface area contributed by atoms with E-state index in [0.717, 1.165) is 23.4 Å². The van der Waals surface area contributed by atoms with Gasteiger partial charge in [0.2, 0.25) is 11.8 Å². The number of hydrogen-bond donors (Lipinski definition) is 2. The molecule has 9 nitrogen and oxygen atoms in total. The molecule has 2 aromatic rings. The molecule has 1 aliphatic carbocycles. The van der Waals surface area contributed by atoms with Crippen LogP contribution in [0.3, 0.4) is 0 Å². The molecule has 0 spiro atoms. The summed E-state index contributed by atoms with van der Waals surface area (Å²) < 4.78 is 33.1. The molecule has 1 unspecified atom stereocenters. The number of nitrogens with zero attached hydrogens (tertiary/aromatic N) is 4. The minimum Gasteiger partial charge on any atom is -0.498 e. The zero-order chi connectivity index (χ0) is 32.0. The monoisotopic (exact) mass is 606 g/mol. The Labute approximate surface area is 257 Å². The van der Waals surface area contributed by atoms with Crippen molar-refractivity contribution in [2.24, 2.45) is 15.5 Å². The van der Waals surface area contributed by atoms with Gasteiger partial charge in [0.25, 0.3) is 0 Å². The zero-order valence-corrected chi connectivity index (χ0v) is 25.6.